The van der Waals surface area contributed by atoms with Crippen LogP contribution in [0.2, 0.25) is 0 Å². The standard InChI is InChI=1S/C17H15N5OS2/c1-10-14-11(16(23)19-17-21(2)6-8-25-17)9-12(13-5-4-7-24-13)18-15(14)22(3)20-10/h4-9H,1-3H3. The number of thiazole rings is 1. The Kier molecular flexibility index (Phi) is 3.85. The zero-order valence-electron chi connectivity index (χ0n) is 13.9. The van der Waals surface area contributed by atoms with E-state index < -0.39 is 0 Å². The van der Waals surface area contributed by atoms with E-state index in [0.29, 0.717) is 16.0 Å². The molecule has 0 saturated carbocycles. The average molecular weight is 369 g/mol. The van der Waals surface area contributed by atoms with Gasteiger partial charge < -0.3 is 4.57 Å². The van der Waals surface area contributed by atoms with Crippen molar-refractivity contribution in [1.82, 2.24) is 19.3 Å². The summed E-state index contributed by atoms with van der Waals surface area (Å²) in [6.45, 7) is 1.89. The number of carbonyl (C=O) groups is 1. The third kappa shape index (κ3) is 2.73. The van der Waals surface area contributed by atoms with Crippen molar-refractivity contribution in [3.63, 3.8) is 0 Å². The lowest BCUT2D eigenvalue weighted by Gasteiger charge is -2.04. The largest absolute Gasteiger partial charge is 0.327 e. The molecular formula is C17H15N5OS2. The molecule has 0 aliphatic heterocycles. The zero-order valence-corrected chi connectivity index (χ0v) is 15.6. The highest BCUT2D eigenvalue weighted by molar-refractivity contribution is 7.13. The van der Waals surface area contributed by atoms with Crippen LogP contribution in [0, 0.1) is 6.92 Å². The molecule has 0 aliphatic carbocycles. The molecule has 8 heteroatoms. The van der Waals surface area contributed by atoms with E-state index in [-0.39, 0.29) is 5.91 Å². The van der Waals surface area contributed by atoms with E-state index in [0.717, 1.165) is 21.7 Å². The molecule has 0 spiro atoms. The zero-order chi connectivity index (χ0) is 17.6. The number of hydrogen-bond donors (Lipinski definition) is 0. The number of thiophene rings is 1. The Morgan fingerprint density at radius 3 is 2.76 bits per heavy atom. The molecule has 4 heterocycles. The van der Waals surface area contributed by atoms with Crippen molar-refractivity contribution in [2.45, 2.75) is 6.92 Å². The van der Waals surface area contributed by atoms with E-state index in [1.807, 2.05) is 60.7 Å². The lowest BCUT2D eigenvalue weighted by atomic mass is 10.1. The molecule has 0 fully saturated rings. The maximum Gasteiger partial charge on any atom is 0.280 e. The summed E-state index contributed by atoms with van der Waals surface area (Å²) in [6, 6.07) is 5.78. The Balaban J connectivity index is 1.98. The fourth-order valence-corrected chi connectivity index (χ4v) is 4.16. The summed E-state index contributed by atoms with van der Waals surface area (Å²) in [4.78, 5) is 23.6. The molecule has 6 nitrogen and oxygen atoms in total. The van der Waals surface area contributed by atoms with Gasteiger partial charge >= 0.3 is 0 Å². The number of fused-ring (bicyclic) bond motifs is 1. The SMILES string of the molecule is Cc1nn(C)c2nc(-c3cccs3)cc(C(=O)N=c3sccn3C)c12. The third-order valence-corrected chi connectivity index (χ3v) is 5.67. The molecular weight excluding hydrogens is 354 g/mol. The van der Waals surface area contributed by atoms with Gasteiger partial charge in [-0.05, 0) is 24.4 Å². The van der Waals surface area contributed by atoms with E-state index in [4.69, 9.17) is 4.98 Å². The second-order valence-corrected chi connectivity index (χ2v) is 7.47. The Labute approximate surface area is 151 Å². The van der Waals surface area contributed by atoms with Gasteiger partial charge in [-0.2, -0.15) is 10.1 Å². The first kappa shape index (κ1) is 15.9. The molecule has 0 atom stereocenters. The quantitative estimate of drug-likeness (QED) is 0.545. The molecule has 4 rings (SSSR count). The number of aromatic nitrogens is 4. The Morgan fingerprint density at radius 2 is 2.08 bits per heavy atom. The highest BCUT2D eigenvalue weighted by Gasteiger charge is 2.19. The molecule has 0 bridgehead atoms. The Hall–Kier alpha value is -2.58. The number of pyridine rings is 1. The predicted octanol–water partition coefficient (Wildman–Crippen LogP) is 3.15. The number of rotatable bonds is 2. The summed E-state index contributed by atoms with van der Waals surface area (Å²) in [5.41, 5.74) is 2.77. The van der Waals surface area contributed by atoms with Crippen LogP contribution >= 0.6 is 22.7 Å². The van der Waals surface area contributed by atoms with Crippen LogP contribution in [0.15, 0.2) is 40.1 Å². The van der Waals surface area contributed by atoms with Crippen molar-refractivity contribution in [2.24, 2.45) is 19.1 Å². The van der Waals surface area contributed by atoms with E-state index in [1.54, 1.807) is 16.0 Å². The van der Waals surface area contributed by atoms with Crippen molar-refractivity contribution in [3.05, 3.63) is 51.2 Å². The molecule has 0 unspecified atom stereocenters. The van der Waals surface area contributed by atoms with E-state index in [2.05, 4.69) is 10.1 Å². The van der Waals surface area contributed by atoms with Gasteiger partial charge in [-0.1, -0.05) is 6.07 Å². The van der Waals surface area contributed by atoms with Crippen LogP contribution in [0.25, 0.3) is 21.6 Å². The van der Waals surface area contributed by atoms with Crippen LogP contribution in [0.4, 0.5) is 0 Å². The topological polar surface area (TPSA) is 65.1 Å². The lowest BCUT2D eigenvalue weighted by molar-refractivity contribution is 0.0999. The van der Waals surface area contributed by atoms with Gasteiger partial charge in [0.25, 0.3) is 5.91 Å². The number of hydrogen-bond acceptors (Lipinski definition) is 5. The van der Waals surface area contributed by atoms with Crippen molar-refractivity contribution < 1.29 is 4.79 Å². The van der Waals surface area contributed by atoms with Crippen LogP contribution in [-0.4, -0.2) is 25.2 Å². The minimum absolute atomic E-state index is 0.278. The Morgan fingerprint density at radius 1 is 1.24 bits per heavy atom. The fourth-order valence-electron chi connectivity index (χ4n) is 2.75. The monoisotopic (exact) mass is 369 g/mol. The summed E-state index contributed by atoms with van der Waals surface area (Å²) in [6.07, 6.45) is 1.88. The van der Waals surface area contributed by atoms with Gasteiger partial charge in [0.1, 0.15) is 0 Å². The van der Waals surface area contributed by atoms with Crippen molar-refractivity contribution >= 4 is 39.6 Å². The average Bonchev–Trinajstić information content (AvgIpc) is 3.30. The van der Waals surface area contributed by atoms with Crippen LogP contribution in [0.5, 0.6) is 0 Å². The minimum Gasteiger partial charge on any atom is -0.327 e. The summed E-state index contributed by atoms with van der Waals surface area (Å²) in [7, 11) is 3.71. The van der Waals surface area contributed by atoms with Crippen molar-refractivity contribution in [2.75, 3.05) is 0 Å². The van der Waals surface area contributed by atoms with Crippen LogP contribution in [0.1, 0.15) is 16.1 Å². The normalized spacial score (nSPS) is 12.2. The van der Waals surface area contributed by atoms with Gasteiger partial charge in [0.05, 0.1) is 27.2 Å². The maximum absolute atomic E-state index is 12.9. The van der Waals surface area contributed by atoms with Gasteiger partial charge in [-0.3, -0.25) is 9.48 Å². The number of amides is 1. The second-order valence-electron chi connectivity index (χ2n) is 5.65. The van der Waals surface area contributed by atoms with Gasteiger partial charge in [0.2, 0.25) is 0 Å². The van der Waals surface area contributed by atoms with E-state index >= 15 is 0 Å². The molecule has 0 aliphatic rings. The molecule has 1 amide bonds. The van der Waals surface area contributed by atoms with Gasteiger partial charge in [-0.15, -0.1) is 22.7 Å². The number of carbonyl (C=O) groups excluding carboxylic acids is 1. The van der Waals surface area contributed by atoms with Crippen LogP contribution < -0.4 is 4.80 Å². The molecule has 126 valence electrons. The summed E-state index contributed by atoms with van der Waals surface area (Å²) in [5, 5.41) is 9.09. The number of aryl methyl sites for hydroxylation is 3. The molecule has 4 aromatic heterocycles. The van der Waals surface area contributed by atoms with Crippen LogP contribution in [0.3, 0.4) is 0 Å². The second kappa shape index (κ2) is 6.05. The summed E-state index contributed by atoms with van der Waals surface area (Å²) in [5.74, 6) is -0.278. The lowest BCUT2D eigenvalue weighted by Crippen LogP contribution is -2.13. The van der Waals surface area contributed by atoms with Crippen LogP contribution in [-0.2, 0) is 14.1 Å². The highest BCUT2D eigenvalue weighted by Crippen LogP contribution is 2.29. The van der Waals surface area contributed by atoms with Crippen molar-refractivity contribution in [3.8, 4) is 10.6 Å². The number of nitrogens with zero attached hydrogens (tertiary/aromatic N) is 5. The minimum atomic E-state index is -0.278. The van der Waals surface area contributed by atoms with E-state index in [9.17, 15) is 4.79 Å². The molecule has 0 saturated heterocycles. The smallest absolute Gasteiger partial charge is 0.280 e. The first-order valence-corrected chi connectivity index (χ1v) is 9.38. The van der Waals surface area contributed by atoms with Gasteiger partial charge in [0, 0.05) is 25.7 Å². The maximum atomic E-state index is 12.9. The summed E-state index contributed by atoms with van der Waals surface area (Å²) >= 11 is 3.02. The molecule has 4 aromatic rings. The summed E-state index contributed by atoms with van der Waals surface area (Å²) < 4.78 is 3.54. The predicted molar refractivity (Wildman–Crippen MR) is 99.7 cm³/mol. The molecule has 0 radical (unpaired) electrons. The molecule has 0 aromatic carbocycles. The van der Waals surface area contributed by atoms with Gasteiger partial charge in [-0.25, -0.2) is 4.98 Å². The van der Waals surface area contributed by atoms with E-state index in [1.165, 1.54) is 11.3 Å². The Bertz CT molecular complexity index is 1150. The first-order chi connectivity index (χ1) is 12.0. The highest BCUT2D eigenvalue weighted by atomic mass is 32.1. The molecule has 25 heavy (non-hydrogen) atoms. The third-order valence-electron chi connectivity index (χ3n) is 3.93. The van der Waals surface area contributed by atoms with Crippen molar-refractivity contribution in [1.29, 1.82) is 0 Å². The molecule has 0 N–H and O–H groups in total. The van der Waals surface area contributed by atoms with Gasteiger partial charge in [0.15, 0.2) is 10.4 Å². The first-order valence-electron chi connectivity index (χ1n) is 7.62. The fraction of sp³-hybridized carbons (Fsp3) is 0.176.